The highest BCUT2D eigenvalue weighted by molar-refractivity contribution is 5.88. The lowest BCUT2D eigenvalue weighted by molar-refractivity contribution is 0.458. The van der Waals surface area contributed by atoms with Crippen LogP contribution in [-0.4, -0.2) is 11.7 Å². The fourth-order valence-electron chi connectivity index (χ4n) is 1.37. The van der Waals surface area contributed by atoms with Gasteiger partial charge in [0, 0.05) is 6.54 Å². The van der Waals surface area contributed by atoms with Gasteiger partial charge in [0.15, 0.2) is 11.4 Å². The van der Waals surface area contributed by atoms with Gasteiger partial charge in [0.2, 0.25) is 0 Å². The molecule has 1 heterocycles. The Balaban J connectivity index is 2.35. The van der Waals surface area contributed by atoms with Crippen molar-refractivity contribution in [3.05, 3.63) is 24.0 Å². The topological polar surface area (TPSA) is 38.1 Å². The van der Waals surface area contributed by atoms with E-state index in [-0.39, 0.29) is 5.82 Å². The van der Waals surface area contributed by atoms with E-state index < -0.39 is 0 Å². The maximum atomic E-state index is 13.5. The second-order valence-corrected chi connectivity index (χ2v) is 3.92. The monoisotopic (exact) mass is 208 g/mol. The number of halogens is 1. The first kappa shape index (κ1) is 9.96. The second kappa shape index (κ2) is 3.88. The Bertz CT molecular complexity index is 465. The Morgan fingerprint density at radius 1 is 1.47 bits per heavy atom. The van der Waals surface area contributed by atoms with E-state index in [4.69, 9.17) is 4.52 Å². The van der Waals surface area contributed by atoms with Crippen LogP contribution in [0.1, 0.15) is 13.8 Å². The number of aromatic nitrogens is 1. The molecule has 0 fully saturated rings. The number of nitrogens with zero attached hydrogens (tertiary/aromatic N) is 1. The van der Waals surface area contributed by atoms with Gasteiger partial charge in [-0.1, -0.05) is 25.1 Å². The zero-order chi connectivity index (χ0) is 10.8. The number of benzene rings is 1. The minimum Gasteiger partial charge on any atom is -0.366 e. The first-order valence-electron chi connectivity index (χ1n) is 4.96. The lowest BCUT2D eigenvalue weighted by atomic mass is 10.2. The van der Waals surface area contributed by atoms with Gasteiger partial charge in [-0.2, -0.15) is 0 Å². The van der Waals surface area contributed by atoms with Crippen molar-refractivity contribution in [3.63, 3.8) is 0 Å². The molecule has 0 aliphatic carbocycles. The Morgan fingerprint density at radius 2 is 2.27 bits per heavy atom. The first-order valence-corrected chi connectivity index (χ1v) is 4.96. The molecule has 1 aromatic heterocycles. The molecular formula is C11H13FN2O. The van der Waals surface area contributed by atoms with E-state index in [9.17, 15) is 4.39 Å². The van der Waals surface area contributed by atoms with Gasteiger partial charge in [0.1, 0.15) is 11.2 Å². The highest BCUT2D eigenvalue weighted by atomic mass is 19.1. The van der Waals surface area contributed by atoms with Crippen LogP contribution in [0.15, 0.2) is 22.7 Å². The molecule has 0 radical (unpaired) electrons. The molecule has 0 unspecified atom stereocenters. The quantitative estimate of drug-likeness (QED) is 0.842. The van der Waals surface area contributed by atoms with Gasteiger partial charge < -0.3 is 9.84 Å². The molecular weight excluding hydrogens is 195 g/mol. The number of rotatable bonds is 3. The molecule has 1 N–H and O–H groups in total. The van der Waals surface area contributed by atoms with E-state index in [0.29, 0.717) is 22.7 Å². The number of fused-ring (bicyclic) bond motifs is 1. The van der Waals surface area contributed by atoms with Crippen molar-refractivity contribution in [1.29, 1.82) is 0 Å². The smallest absolute Gasteiger partial charge is 0.180 e. The van der Waals surface area contributed by atoms with Crippen molar-refractivity contribution in [3.8, 4) is 0 Å². The standard InChI is InChI=1S/C11H13FN2O/c1-7(2)6-13-11-10-8(12)4-3-5-9(10)15-14-11/h3-5,7H,6H2,1-2H3,(H,13,14). The Morgan fingerprint density at radius 3 is 3.00 bits per heavy atom. The summed E-state index contributed by atoms with van der Waals surface area (Å²) in [5.41, 5.74) is 0.473. The summed E-state index contributed by atoms with van der Waals surface area (Å²) >= 11 is 0. The average Bonchev–Trinajstić information content (AvgIpc) is 2.59. The normalized spacial score (nSPS) is 11.2. The van der Waals surface area contributed by atoms with Crippen molar-refractivity contribution in [1.82, 2.24) is 5.16 Å². The van der Waals surface area contributed by atoms with Crippen molar-refractivity contribution in [2.45, 2.75) is 13.8 Å². The average molecular weight is 208 g/mol. The van der Waals surface area contributed by atoms with Crippen LogP contribution in [0, 0.1) is 11.7 Å². The molecule has 0 atom stereocenters. The maximum Gasteiger partial charge on any atom is 0.180 e. The number of nitrogens with one attached hydrogen (secondary N) is 1. The summed E-state index contributed by atoms with van der Waals surface area (Å²) in [6.07, 6.45) is 0. The molecule has 2 rings (SSSR count). The third-order valence-electron chi connectivity index (χ3n) is 2.13. The van der Waals surface area contributed by atoms with Gasteiger partial charge in [-0.05, 0) is 18.1 Å². The van der Waals surface area contributed by atoms with Gasteiger partial charge in [-0.25, -0.2) is 4.39 Å². The summed E-state index contributed by atoms with van der Waals surface area (Å²) in [6, 6.07) is 4.71. The van der Waals surface area contributed by atoms with E-state index in [0.717, 1.165) is 6.54 Å². The zero-order valence-electron chi connectivity index (χ0n) is 8.75. The van der Waals surface area contributed by atoms with Crippen LogP contribution in [0.5, 0.6) is 0 Å². The fraction of sp³-hybridized carbons (Fsp3) is 0.364. The van der Waals surface area contributed by atoms with E-state index in [2.05, 4.69) is 24.3 Å². The van der Waals surface area contributed by atoms with E-state index in [1.54, 1.807) is 12.1 Å². The molecule has 0 bridgehead atoms. The fourth-order valence-corrected chi connectivity index (χ4v) is 1.37. The summed E-state index contributed by atoms with van der Waals surface area (Å²) in [5.74, 6) is 0.653. The highest BCUT2D eigenvalue weighted by Crippen LogP contribution is 2.25. The van der Waals surface area contributed by atoms with Crippen LogP contribution in [0.25, 0.3) is 11.0 Å². The molecule has 1 aromatic carbocycles. The molecule has 0 amide bonds. The van der Waals surface area contributed by atoms with Crippen LogP contribution in [0.4, 0.5) is 10.2 Å². The number of hydrogen-bond acceptors (Lipinski definition) is 3. The molecule has 0 saturated carbocycles. The molecule has 15 heavy (non-hydrogen) atoms. The minimum absolute atomic E-state index is 0.306. The molecule has 4 heteroatoms. The van der Waals surface area contributed by atoms with Gasteiger partial charge >= 0.3 is 0 Å². The highest BCUT2D eigenvalue weighted by Gasteiger charge is 2.11. The van der Waals surface area contributed by atoms with Crippen LogP contribution < -0.4 is 5.32 Å². The molecule has 80 valence electrons. The van der Waals surface area contributed by atoms with Gasteiger partial charge in [0.25, 0.3) is 0 Å². The van der Waals surface area contributed by atoms with E-state index in [1.165, 1.54) is 6.07 Å². The van der Waals surface area contributed by atoms with E-state index in [1.807, 2.05) is 0 Å². The summed E-state index contributed by atoms with van der Waals surface area (Å²) in [4.78, 5) is 0. The predicted octanol–water partition coefficient (Wildman–Crippen LogP) is 3.03. The van der Waals surface area contributed by atoms with Crippen molar-refractivity contribution in [2.24, 2.45) is 5.92 Å². The lowest BCUT2D eigenvalue weighted by Gasteiger charge is -2.05. The first-order chi connectivity index (χ1) is 7.18. The largest absolute Gasteiger partial charge is 0.366 e. The van der Waals surface area contributed by atoms with Crippen LogP contribution in [-0.2, 0) is 0 Å². The number of hydrogen-bond donors (Lipinski definition) is 1. The second-order valence-electron chi connectivity index (χ2n) is 3.92. The third-order valence-corrected chi connectivity index (χ3v) is 2.13. The number of anilines is 1. The van der Waals surface area contributed by atoms with Gasteiger partial charge in [-0.15, -0.1) is 0 Å². The Kier molecular flexibility index (Phi) is 2.58. The van der Waals surface area contributed by atoms with E-state index >= 15 is 0 Å². The summed E-state index contributed by atoms with van der Waals surface area (Å²) in [5, 5.41) is 7.29. The molecule has 0 aliphatic rings. The van der Waals surface area contributed by atoms with Crippen LogP contribution in [0.3, 0.4) is 0 Å². The third kappa shape index (κ3) is 1.93. The Labute approximate surface area is 87.3 Å². The molecule has 0 spiro atoms. The van der Waals surface area contributed by atoms with Crippen molar-refractivity contribution >= 4 is 16.8 Å². The maximum absolute atomic E-state index is 13.5. The van der Waals surface area contributed by atoms with Gasteiger partial charge in [0.05, 0.1) is 0 Å². The summed E-state index contributed by atoms with van der Waals surface area (Å²) < 4.78 is 18.5. The van der Waals surface area contributed by atoms with Crippen LogP contribution >= 0.6 is 0 Å². The molecule has 2 aromatic rings. The lowest BCUT2D eigenvalue weighted by Crippen LogP contribution is -2.08. The predicted molar refractivity (Wildman–Crippen MR) is 57.3 cm³/mol. The minimum atomic E-state index is -0.306. The summed E-state index contributed by atoms with van der Waals surface area (Å²) in [7, 11) is 0. The van der Waals surface area contributed by atoms with Gasteiger partial charge in [-0.3, -0.25) is 0 Å². The van der Waals surface area contributed by atoms with Crippen molar-refractivity contribution in [2.75, 3.05) is 11.9 Å². The molecule has 0 saturated heterocycles. The molecule has 3 nitrogen and oxygen atoms in total. The van der Waals surface area contributed by atoms with Crippen LogP contribution in [0.2, 0.25) is 0 Å². The van der Waals surface area contributed by atoms with Crippen molar-refractivity contribution < 1.29 is 8.91 Å². The molecule has 0 aliphatic heterocycles. The SMILES string of the molecule is CC(C)CNc1noc2cccc(F)c12. The summed E-state index contributed by atoms with van der Waals surface area (Å²) in [6.45, 7) is 4.90. The zero-order valence-corrected chi connectivity index (χ0v) is 8.75. The Hall–Kier alpha value is -1.58.